The molecule has 0 aliphatic heterocycles. The highest BCUT2D eigenvalue weighted by molar-refractivity contribution is 7.15. The van der Waals surface area contributed by atoms with E-state index in [-0.39, 0.29) is 12.1 Å². The highest BCUT2D eigenvalue weighted by Gasteiger charge is 2.34. The van der Waals surface area contributed by atoms with Crippen LogP contribution in [-0.4, -0.2) is 26.0 Å². The molecule has 0 aliphatic carbocycles. The highest BCUT2D eigenvalue weighted by atomic mass is 32.1. The minimum atomic E-state index is -0.970. The Morgan fingerprint density at radius 3 is 2.80 bits per heavy atom. The van der Waals surface area contributed by atoms with Crippen LogP contribution in [0.3, 0.4) is 0 Å². The van der Waals surface area contributed by atoms with Crippen molar-refractivity contribution in [3.63, 3.8) is 0 Å². The van der Waals surface area contributed by atoms with Crippen LogP contribution in [0.1, 0.15) is 32.4 Å². The Kier molecular flexibility index (Phi) is 4.20. The van der Waals surface area contributed by atoms with Gasteiger partial charge in [-0.1, -0.05) is 13.8 Å². The standard InChI is InChI=1S/C13H17N3O3S/c1-3-13(4-2,11(18)19)14-8-9-7-10(17)16-5-6-20-12(16)15-9/h5-7,14H,3-4,8H2,1-2H3,(H,18,19). The number of nitrogens with zero attached hydrogens (tertiary/aromatic N) is 2. The molecule has 0 aliphatic rings. The van der Waals surface area contributed by atoms with Gasteiger partial charge in [-0.15, -0.1) is 11.3 Å². The van der Waals surface area contributed by atoms with Crippen LogP contribution in [0, 0.1) is 0 Å². The summed E-state index contributed by atoms with van der Waals surface area (Å²) in [5, 5.41) is 14.2. The number of hydrogen-bond donors (Lipinski definition) is 2. The summed E-state index contributed by atoms with van der Waals surface area (Å²) in [6.07, 6.45) is 2.62. The van der Waals surface area contributed by atoms with Crippen LogP contribution in [0.5, 0.6) is 0 Å². The third kappa shape index (κ3) is 2.59. The van der Waals surface area contributed by atoms with Gasteiger partial charge < -0.3 is 5.11 Å². The Labute approximate surface area is 120 Å². The molecule has 0 aromatic carbocycles. The Morgan fingerprint density at radius 2 is 2.20 bits per heavy atom. The number of rotatable bonds is 6. The molecular weight excluding hydrogens is 278 g/mol. The number of hydrogen-bond acceptors (Lipinski definition) is 5. The van der Waals surface area contributed by atoms with E-state index in [9.17, 15) is 14.7 Å². The van der Waals surface area contributed by atoms with Gasteiger partial charge in [0.25, 0.3) is 5.56 Å². The topological polar surface area (TPSA) is 83.7 Å². The maximum absolute atomic E-state index is 11.8. The molecule has 0 radical (unpaired) electrons. The van der Waals surface area contributed by atoms with Crippen LogP contribution < -0.4 is 10.9 Å². The molecule has 2 heterocycles. The molecule has 0 saturated heterocycles. The lowest BCUT2D eigenvalue weighted by Gasteiger charge is -2.27. The van der Waals surface area contributed by atoms with E-state index in [4.69, 9.17) is 0 Å². The average molecular weight is 295 g/mol. The lowest BCUT2D eigenvalue weighted by atomic mass is 9.93. The van der Waals surface area contributed by atoms with Crippen molar-refractivity contribution in [3.05, 3.63) is 33.7 Å². The molecule has 2 aromatic heterocycles. The van der Waals surface area contributed by atoms with Crippen LogP contribution in [-0.2, 0) is 11.3 Å². The molecule has 7 heteroatoms. The number of fused-ring (bicyclic) bond motifs is 1. The molecule has 6 nitrogen and oxygen atoms in total. The number of carbonyl (C=O) groups is 1. The van der Waals surface area contributed by atoms with Gasteiger partial charge in [-0.25, -0.2) is 4.98 Å². The fourth-order valence-corrected chi connectivity index (χ4v) is 2.85. The molecule has 0 atom stereocenters. The van der Waals surface area contributed by atoms with Gasteiger partial charge in [0.2, 0.25) is 0 Å². The van der Waals surface area contributed by atoms with Gasteiger partial charge in [-0.2, -0.15) is 0 Å². The fraction of sp³-hybridized carbons (Fsp3) is 0.462. The normalized spacial score (nSPS) is 11.9. The van der Waals surface area contributed by atoms with Crippen LogP contribution in [0.4, 0.5) is 0 Å². The Morgan fingerprint density at radius 1 is 1.50 bits per heavy atom. The number of nitrogens with one attached hydrogen (secondary N) is 1. The van der Waals surface area contributed by atoms with Gasteiger partial charge in [0.15, 0.2) is 4.96 Å². The third-order valence-electron chi connectivity index (χ3n) is 3.58. The molecule has 0 spiro atoms. The smallest absolute Gasteiger partial charge is 0.323 e. The van der Waals surface area contributed by atoms with E-state index >= 15 is 0 Å². The van der Waals surface area contributed by atoms with Gasteiger partial charge >= 0.3 is 5.97 Å². The molecular formula is C13H17N3O3S. The monoisotopic (exact) mass is 295 g/mol. The fourth-order valence-electron chi connectivity index (χ4n) is 2.12. The second-order valence-corrected chi connectivity index (χ2v) is 5.46. The summed E-state index contributed by atoms with van der Waals surface area (Å²) < 4.78 is 1.47. The average Bonchev–Trinajstić information content (AvgIpc) is 2.89. The predicted molar refractivity (Wildman–Crippen MR) is 77.1 cm³/mol. The number of aliphatic carboxylic acids is 1. The SMILES string of the molecule is CCC(CC)(NCc1cc(=O)n2ccsc2n1)C(=O)O. The lowest BCUT2D eigenvalue weighted by molar-refractivity contribution is -0.145. The van der Waals surface area contributed by atoms with E-state index in [0.717, 1.165) is 0 Å². The van der Waals surface area contributed by atoms with Gasteiger partial charge in [-0.3, -0.25) is 19.3 Å². The van der Waals surface area contributed by atoms with E-state index in [2.05, 4.69) is 10.3 Å². The van der Waals surface area contributed by atoms with Crippen LogP contribution in [0.2, 0.25) is 0 Å². The molecule has 0 unspecified atom stereocenters. The first-order valence-electron chi connectivity index (χ1n) is 6.46. The van der Waals surface area contributed by atoms with Gasteiger partial charge in [0.05, 0.1) is 5.69 Å². The summed E-state index contributed by atoms with van der Waals surface area (Å²) in [7, 11) is 0. The van der Waals surface area contributed by atoms with Crippen LogP contribution >= 0.6 is 11.3 Å². The summed E-state index contributed by atoms with van der Waals surface area (Å²) in [6.45, 7) is 3.92. The number of carboxylic acid groups (broad SMARTS) is 1. The van der Waals surface area contributed by atoms with Gasteiger partial charge in [0.1, 0.15) is 5.54 Å². The van der Waals surface area contributed by atoms with E-state index in [1.807, 2.05) is 13.8 Å². The molecule has 0 bridgehead atoms. The maximum atomic E-state index is 11.8. The number of carboxylic acids is 1. The van der Waals surface area contributed by atoms with Crippen LogP contribution in [0.15, 0.2) is 22.4 Å². The zero-order valence-corrected chi connectivity index (χ0v) is 12.2. The minimum absolute atomic E-state index is 0.151. The molecule has 0 amide bonds. The summed E-state index contributed by atoms with van der Waals surface area (Å²) in [4.78, 5) is 28.2. The van der Waals surface area contributed by atoms with Gasteiger partial charge in [-0.05, 0) is 12.8 Å². The second kappa shape index (κ2) is 5.72. The summed E-state index contributed by atoms with van der Waals surface area (Å²) in [6, 6.07) is 1.44. The molecule has 108 valence electrons. The van der Waals surface area contributed by atoms with Crippen molar-refractivity contribution >= 4 is 22.3 Å². The Balaban J connectivity index is 2.24. The quantitative estimate of drug-likeness (QED) is 0.843. The van der Waals surface area contributed by atoms with Gasteiger partial charge in [0, 0.05) is 24.2 Å². The zero-order valence-electron chi connectivity index (χ0n) is 11.4. The van der Waals surface area contributed by atoms with Crippen LogP contribution in [0.25, 0.3) is 4.96 Å². The van der Waals surface area contributed by atoms with E-state index in [1.165, 1.54) is 21.8 Å². The molecule has 0 saturated carbocycles. The molecule has 2 N–H and O–H groups in total. The summed E-state index contributed by atoms with van der Waals surface area (Å²) in [5.74, 6) is -0.878. The van der Waals surface area contributed by atoms with E-state index in [1.54, 1.807) is 11.6 Å². The second-order valence-electron chi connectivity index (χ2n) is 4.59. The number of aromatic nitrogens is 2. The van der Waals surface area contributed by atoms with Crippen molar-refractivity contribution < 1.29 is 9.90 Å². The van der Waals surface area contributed by atoms with E-state index in [0.29, 0.717) is 23.5 Å². The van der Waals surface area contributed by atoms with Crippen molar-refractivity contribution in [2.24, 2.45) is 0 Å². The predicted octanol–water partition coefficient (Wildman–Crippen LogP) is 1.49. The first-order chi connectivity index (χ1) is 9.52. The van der Waals surface area contributed by atoms with Crippen molar-refractivity contribution in [3.8, 4) is 0 Å². The molecule has 2 rings (SSSR count). The van der Waals surface area contributed by atoms with Crippen molar-refractivity contribution in [2.75, 3.05) is 0 Å². The Hall–Kier alpha value is -1.73. The summed E-state index contributed by atoms with van der Waals surface area (Å²) >= 11 is 1.37. The van der Waals surface area contributed by atoms with Crippen molar-refractivity contribution in [2.45, 2.75) is 38.8 Å². The molecule has 0 fully saturated rings. The Bertz CT molecular complexity index is 673. The summed E-state index contributed by atoms with van der Waals surface area (Å²) in [5.41, 5.74) is -0.561. The third-order valence-corrected chi connectivity index (χ3v) is 4.34. The van der Waals surface area contributed by atoms with E-state index < -0.39 is 11.5 Å². The van der Waals surface area contributed by atoms with Crippen molar-refractivity contribution in [1.82, 2.24) is 14.7 Å². The lowest BCUT2D eigenvalue weighted by Crippen LogP contribution is -2.50. The zero-order chi connectivity index (χ0) is 14.8. The van der Waals surface area contributed by atoms with Crippen molar-refractivity contribution in [1.29, 1.82) is 0 Å². The first kappa shape index (κ1) is 14.7. The minimum Gasteiger partial charge on any atom is -0.480 e. The highest BCUT2D eigenvalue weighted by Crippen LogP contribution is 2.16. The first-order valence-corrected chi connectivity index (χ1v) is 7.34. The molecule has 20 heavy (non-hydrogen) atoms. The molecule has 2 aromatic rings. The maximum Gasteiger partial charge on any atom is 0.323 e. The number of thiazole rings is 1. The largest absolute Gasteiger partial charge is 0.480 e.